The van der Waals surface area contributed by atoms with Gasteiger partial charge in [-0.1, -0.05) is 30.3 Å². The van der Waals surface area contributed by atoms with Crippen molar-refractivity contribution in [3.8, 4) is 0 Å². The van der Waals surface area contributed by atoms with Gasteiger partial charge >= 0.3 is 6.03 Å². The molecule has 2 aliphatic heterocycles. The van der Waals surface area contributed by atoms with E-state index in [1.54, 1.807) is 41.3 Å². The molecule has 8 nitrogen and oxygen atoms in total. The Hall–Kier alpha value is -3.85. The number of nitrogen functional groups attached to an aromatic ring is 1. The van der Waals surface area contributed by atoms with Crippen molar-refractivity contribution in [1.29, 1.82) is 0 Å². The standard InChI is InChI=1S/C24H22N4O4S/c25-19-8-6-17(7-9-19)23(29)27-13-12-18-14-20(10-11-22(18)27)33(31,32)28-15-21(26-24(28)30)16-4-2-1-3-5-16/h1-11,14,21H,12-13,15,25H2,(H,26,30)/t21-/m0/s1. The molecule has 0 aromatic heterocycles. The molecule has 5 rings (SSSR count). The van der Waals surface area contributed by atoms with Crippen LogP contribution in [0, 0.1) is 0 Å². The van der Waals surface area contributed by atoms with E-state index >= 15 is 0 Å². The molecule has 168 valence electrons. The van der Waals surface area contributed by atoms with Crippen LogP contribution < -0.4 is 16.0 Å². The highest BCUT2D eigenvalue weighted by Gasteiger charge is 2.39. The fourth-order valence-electron chi connectivity index (χ4n) is 4.26. The van der Waals surface area contributed by atoms with Crippen molar-refractivity contribution in [2.45, 2.75) is 17.4 Å². The van der Waals surface area contributed by atoms with Crippen LogP contribution in [0.1, 0.15) is 27.5 Å². The highest BCUT2D eigenvalue weighted by Crippen LogP contribution is 2.33. The molecule has 3 N–H and O–H groups in total. The summed E-state index contributed by atoms with van der Waals surface area (Å²) in [5, 5.41) is 2.74. The minimum atomic E-state index is -4.04. The molecule has 1 saturated heterocycles. The zero-order chi connectivity index (χ0) is 23.2. The van der Waals surface area contributed by atoms with Gasteiger partial charge in [0.15, 0.2) is 0 Å². The van der Waals surface area contributed by atoms with Crippen molar-refractivity contribution >= 4 is 33.3 Å². The van der Waals surface area contributed by atoms with Crippen molar-refractivity contribution in [1.82, 2.24) is 9.62 Å². The zero-order valence-electron chi connectivity index (χ0n) is 17.6. The van der Waals surface area contributed by atoms with Crippen molar-refractivity contribution in [2.75, 3.05) is 23.7 Å². The number of carbonyl (C=O) groups excluding carboxylic acids is 2. The van der Waals surface area contributed by atoms with Crippen molar-refractivity contribution < 1.29 is 18.0 Å². The molecule has 0 saturated carbocycles. The SMILES string of the molecule is Nc1ccc(C(=O)N2CCc3cc(S(=O)(=O)N4C[C@@H](c5ccccc5)NC4=O)ccc32)cc1. The Labute approximate surface area is 191 Å². The van der Waals surface area contributed by atoms with Crippen LogP contribution in [0.15, 0.2) is 77.7 Å². The van der Waals surface area contributed by atoms with E-state index in [9.17, 15) is 18.0 Å². The van der Waals surface area contributed by atoms with Crippen LogP contribution in [0.2, 0.25) is 0 Å². The highest BCUT2D eigenvalue weighted by atomic mass is 32.2. The number of amides is 3. The predicted octanol–water partition coefficient (Wildman–Crippen LogP) is 2.93. The monoisotopic (exact) mass is 462 g/mol. The molecule has 2 aliphatic rings. The molecule has 33 heavy (non-hydrogen) atoms. The number of nitrogens with one attached hydrogen (secondary N) is 1. The minimum absolute atomic E-state index is 0.0179. The molecular weight excluding hydrogens is 440 g/mol. The maximum Gasteiger partial charge on any atom is 0.331 e. The minimum Gasteiger partial charge on any atom is -0.399 e. The Balaban J connectivity index is 1.39. The Bertz CT molecular complexity index is 1340. The van der Waals surface area contributed by atoms with Gasteiger partial charge in [-0.15, -0.1) is 0 Å². The van der Waals surface area contributed by atoms with Gasteiger partial charge in [0.1, 0.15) is 0 Å². The largest absolute Gasteiger partial charge is 0.399 e. The lowest BCUT2D eigenvalue weighted by atomic mass is 10.1. The van der Waals surface area contributed by atoms with Gasteiger partial charge in [-0.3, -0.25) is 4.79 Å². The van der Waals surface area contributed by atoms with E-state index < -0.39 is 22.1 Å². The maximum atomic E-state index is 13.3. The second-order valence-corrected chi connectivity index (χ2v) is 9.93. The normalized spacial score (nSPS) is 17.7. The van der Waals surface area contributed by atoms with Gasteiger partial charge in [-0.2, -0.15) is 0 Å². The third-order valence-electron chi connectivity index (χ3n) is 6.01. The molecule has 0 radical (unpaired) electrons. The summed E-state index contributed by atoms with van der Waals surface area (Å²) in [6.45, 7) is 0.465. The van der Waals surface area contributed by atoms with Crippen LogP contribution in [0.3, 0.4) is 0 Å². The second-order valence-electron chi connectivity index (χ2n) is 8.07. The number of fused-ring (bicyclic) bond motifs is 1. The number of nitrogens with zero attached hydrogens (tertiary/aromatic N) is 2. The van der Waals surface area contributed by atoms with Crippen molar-refractivity contribution in [3.05, 3.63) is 89.5 Å². The van der Waals surface area contributed by atoms with E-state index in [-0.39, 0.29) is 17.3 Å². The molecule has 3 aromatic carbocycles. The number of rotatable bonds is 4. The first kappa shape index (κ1) is 21.0. The molecule has 0 spiro atoms. The number of anilines is 2. The third-order valence-corrected chi connectivity index (χ3v) is 7.76. The van der Waals surface area contributed by atoms with Gasteiger partial charge in [0.25, 0.3) is 15.9 Å². The molecule has 0 aliphatic carbocycles. The van der Waals surface area contributed by atoms with E-state index in [1.807, 2.05) is 30.3 Å². The predicted molar refractivity (Wildman–Crippen MR) is 124 cm³/mol. The number of carbonyl (C=O) groups is 2. The smallest absolute Gasteiger partial charge is 0.331 e. The molecule has 0 bridgehead atoms. The lowest BCUT2D eigenvalue weighted by molar-refractivity contribution is 0.0989. The first-order chi connectivity index (χ1) is 15.8. The summed E-state index contributed by atoms with van der Waals surface area (Å²) >= 11 is 0. The van der Waals surface area contributed by atoms with Crippen molar-refractivity contribution in [3.63, 3.8) is 0 Å². The maximum absolute atomic E-state index is 13.3. The summed E-state index contributed by atoms with van der Waals surface area (Å²) < 4.78 is 27.4. The first-order valence-electron chi connectivity index (χ1n) is 10.5. The number of hydrogen-bond acceptors (Lipinski definition) is 5. The Morgan fingerprint density at radius 2 is 1.73 bits per heavy atom. The van der Waals surface area contributed by atoms with Crippen LogP contribution in [-0.2, 0) is 16.4 Å². The van der Waals surface area contributed by atoms with E-state index in [4.69, 9.17) is 5.73 Å². The Kier molecular flexibility index (Phi) is 5.05. The van der Waals surface area contributed by atoms with Gasteiger partial charge in [0, 0.05) is 23.5 Å². The Morgan fingerprint density at radius 1 is 1.00 bits per heavy atom. The van der Waals surface area contributed by atoms with Crippen LogP contribution in [-0.4, -0.2) is 37.8 Å². The van der Waals surface area contributed by atoms with E-state index in [2.05, 4.69) is 5.32 Å². The highest BCUT2D eigenvalue weighted by molar-refractivity contribution is 7.89. The summed E-state index contributed by atoms with van der Waals surface area (Å²) in [6.07, 6.45) is 0.526. The molecule has 0 unspecified atom stereocenters. The fourth-order valence-corrected chi connectivity index (χ4v) is 5.66. The number of urea groups is 1. The molecule has 1 fully saturated rings. The van der Waals surface area contributed by atoms with Gasteiger partial charge < -0.3 is 16.0 Å². The number of nitrogens with two attached hydrogens (primary N) is 1. The summed E-state index contributed by atoms with van der Waals surface area (Å²) in [7, 11) is -4.04. The summed E-state index contributed by atoms with van der Waals surface area (Å²) in [5.74, 6) is -0.172. The lowest BCUT2D eigenvalue weighted by Crippen LogP contribution is -2.34. The fraction of sp³-hybridized carbons (Fsp3) is 0.167. The van der Waals surface area contributed by atoms with Gasteiger partial charge in [0.05, 0.1) is 17.5 Å². The van der Waals surface area contributed by atoms with Crippen LogP contribution in [0.25, 0.3) is 0 Å². The van der Waals surface area contributed by atoms with E-state index in [0.717, 1.165) is 15.4 Å². The number of sulfonamides is 1. The molecule has 3 amide bonds. The van der Waals surface area contributed by atoms with Gasteiger partial charge in [-0.05, 0) is 60.0 Å². The zero-order valence-corrected chi connectivity index (χ0v) is 18.5. The average Bonchev–Trinajstić information content (AvgIpc) is 3.43. The average molecular weight is 463 g/mol. The molecule has 3 aromatic rings. The summed E-state index contributed by atoms with van der Waals surface area (Å²) in [6, 6.07) is 19.5. The van der Waals surface area contributed by atoms with E-state index in [0.29, 0.717) is 29.9 Å². The number of hydrogen-bond donors (Lipinski definition) is 2. The Morgan fingerprint density at radius 3 is 2.45 bits per heavy atom. The number of benzene rings is 3. The van der Waals surface area contributed by atoms with Gasteiger partial charge in [-0.25, -0.2) is 17.5 Å². The third kappa shape index (κ3) is 3.70. The van der Waals surface area contributed by atoms with Crippen LogP contribution in [0.5, 0.6) is 0 Å². The van der Waals surface area contributed by atoms with Gasteiger partial charge in [0.2, 0.25) is 0 Å². The second kappa shape index (κ2) is 7.93. The first-order valence-corrected chi connectivity index (χ1v) is 12.0. The summed E-state index contributed by atoms with van der Waals surface area (Å²) in [4.78, 5) is 27.1. The lowest BCUT2D eigenvalue weighted by Gasteiger charge is -2.19. The van der Waals surface area contributed by atoms with E-state index in [1.165, 1.54) is 6.07 Å². The van der Waals surface area contributed by atoms with Crippen LogP contribution >= 0.6 is 0 Å². The summed E-state index contributed by atoms with van der Waals surface area (Å²) in [5.41, 5.74) is 9.05. The molecular formula is C24H22N4O4S. The van der Waals surface area contributed by atoms with Crippen LogP contribution in [0.4, 0.5) is 16.2 Å². The molecule has 9 heteroatoms. The molecule has 1 atom stereocenters. The molecule has 2 heterocycles. The quantitative estimate of drug-likeness (QED) is 0.579. The topological polar surface area (TPSA) is 113 Å². The van der Waals surface area contributed by atoms with Crippen molar-refractivity contribution in [2.24, 2.45) is 0 Å².